The average Bonchev–Trinajstić information content (AvgIpc) is 3.13. The maximum atomic E-state index is 12.2. The van der Waals surface area contributed by atoms with E-state index in [2.05, 4.69) is 6.07 Å². The Balaban J connectivity index is 1.77. The van der Waals surface area contributed by atoms with Crippen molar-refractivity contribution in [1.29, 1.82) is 0 Å². The molecule has 1 aromatic heterocycles. The lowest BCUT2D eigenvalue weighted by atomic mass is 10.2. The zero-order chi connectivity index (χ0) is 14.8. The van der Waals surface area contributed by atoms with Crippen molar-refractivity contribution in [1.82, 2.24) is 4.90 Å². The number of nitrogens with zero attached hydrogens (tertiary/aromatic N) is 1. The van der Waals surface area contributed by atoms with Gasteiger partial charge < -0.3 is 4.90 Å². The fourth-order valence-electron chi connectivity index (χ4n) is 2.88. The molecule has 0 atom stereocenters. The second kappa shape index (κ2) is 6.20. The van der Waals surface area contributed by atoms with Gasteiger partial charge in [0.25, 0.3) is 0 Å². The van der Waals surface area contributed by atoms with Gasteiger partial charge in [-0.2, -0.15) is 0 Å². The average molecular weight is 320 g/mol. The molecule has 1 fully saturated rings. The summed E-state index contributed by atoms with van der Waals surface area (Å²) < 4.78 is 1.15. The normalized spacial score (nSPS) is 16.1. The molecule has 1 aliphatic rings. The zero-order valence-electron chi connectivity index (χ0n) is 12.0. The molecule has 0 radical (unpaired) electrons. The van der Waals surface area contributed by atoms with Gasteiger partial charge >= 0.3 is 0 Å². The highest BCUT2D eigenvalue weighted by Gasteiger charge is 2.21. The van der Waals surface area contributed by atoms with Gasteiger partial charge in [0.1, 0.15) is 0 Å². The molecule has 1 aromatic carbocycles. The molecule has 0 unspecified atom stereocenters. The first-order valence-corrected chi connectivity index (χ1v) is 8.48. The summed E-state index contributed by atoms with van der Waals surface area (Å²) in [7, 11) is 1.90. The van der Waals surface area contributed by atoms with Crippen molar-refractivity contribution in [2.75, 3.05) is 7.05 Å². The minimum Gasteiger partial charge on any atom is -0.339 e. The van der Waals surface area contributed by atoms with Gasteiger partial charge in [0.15, 0.2) is 0 Å². The summed E-state index contributed by atoms with van der Waals surface area (Å²) in [5.41, 5.74) is 0. The van der Waals surface area contributed by atoms with Gasteiger partial charge in [0, 0.05) is 34.1 Å². The third kappa shape index (κ3) is 2.99. The Morgan fingerprint density at radius 2 is 2.05 bits per heavy atom. The maximum Gasteiger partial charge on any atom is 0.246 e. The number of carbonyl (C=O) groups excluding carboxylic acids is 1. The van der Waals surface area contributed by atoms with Crippen molar-refractivity contribution >= 4 is 45.0 Å². The first-order valence-electron chi connectivity index (χ1n) is 7.28. The van der Waals surface area contributed by atoms with E-state index in [1.54, 1.807) is 17.4 Å². The summed E-state index contributed by atoms with van der Waals surface area (Å²) in [6, 6.07) is 8.45. The standard InChI is InChI=1S/C17H18ClNOS/c1-19(12-6-2-3-7-12)16(20)11-10-15-17(18)13-8-4-5-9-14(13)21-15/h4-5,8-12H,2-3,6-7H2,1H3/b11-10+. The Bertz CT molecular complexity index is 685. The van der Waals surface area contributed by atoms with Crippen molar-refractivity contribution in [3.05, 3.63) is 40.2 Å². The third-order valence-electron chi connectivity index (χ3n) is 4.16. The molecule has 1 amide bonds. The van der Waals surface area contributed by atoms with Crippen molar-refractivity contribution < 1.29 is 4.79 Å². The van der Waals surface area contributed by atoms with E-state index in [0.717, 1.165) is 32.8 Å². The number of thiophene rings is 1. The van der Waals surface area contributed by atoms with Gasteiger partial charge in [-0.15, -0.1) is 11.3 Å². The molecule has 21 heavy (non-hydrogen) atoms. The molecule has 3 rings (SSSR count). The highest BCUT2D eigenvalue weighted by atomic mass is 35.5. The lowest BCUT2D eigenvalue weighted by molar-refractivity contribution is -0.126. The third-order valence-corrected chi connectivity index (χ3v) is 5.81. The predicted molar refractivity (Wildman–Crippen MR) is 90.9 cm³/mol. The lowest BCUT2D eigenvalue weighted by Gasteiger charge is -2.22. The van der Waals surface area contributed by atoms with Crippen LogP contribution in [-0.4, -0.2) is 23.9 Å². The fourth-order valence-corrected chi connectivity index (χ4v) is 4.27. The summed E-state index contributed by atoms with van der Waals surface area (Å²) in [5.74, 6) is 0.0652. The van der Waals surface area contributed by atoms with Crippen LogP contribution < -0.4 is 0 Å². The van der Waals surface area contributed by atoms with Gasteiger partial charge in [-0.25, -0.2) is 0 Å². The van der Waals surface area contributed by atoms with Crippen LogP contribution in [-0.2, 0) is 4.79 Å². The molecule has 0 bridgehead atoms. The van der Waals surface area contributed by atoms with E-state index in [-0.39, 0.29) is 5.91 Å². The van der Waals surface area contributed by atoms with Crippen LogP contribution >= 0.6 is 22.9 Å². The minimum absolute atomic E-state index is 0.0652. The largest absolute Gasteiger partial charge is 0.339 e. The Hall–Kier alpha value is -1.32. The smallest absolute Gasteiger partial charge is 0.246 e. The number of likely N-dealkylation sites (N-methyl/N-ethyl adjacent to an activating group) is 1. The Kier molecular flexibility index (Phi) is 4.32. The molecular weight excluding hydrogens is 302 g/mol. The first-order chi connectivity index (χ1) is 10.2. The van der Waals surface area contributed by atoms with Crippen LogP contribution in [0.15, 0.2) is 30.3 Å². The van der Waals surface area contributed by atoms with Crippen LogP contribution in [0.4, 0.5) is 0 Å². The van der Waals surface area contributed by atoms with Crippen LogP contribution in [0.1, 0.15) is 30.6 Å². The molecule has 1 heterocycles. The molecular formula is C17H18ClNOS. The minimum atomic E-state index is 0.0652. The summed E-state index contributed by atoms with van der Waals surface area (Å²) >= 11 is 8.00. The number of carbonyl (C=O) groups is 1. The number of hydrogen-bond donors (Lipinski definition) is 0. The highest BCUT2D eigenvalue weighted by molar-refractivity contribution is 7.20. The van der Waals surface area contributed by atoms with E-state index in [1.165, 1.54) is 12.8 Å². The second-order valence-corrected chi connectivity index (χ2v) is 6.96. The Labute approximate surface area is 134 Å². The fraction of sp³-hybridized carbons (Fsp3) is 0.353. The van der Waals surface area contributed by atoms with Crippen molar-refractivity contribution in [3.8, 4) is 0 Å². The van der Waals surface area contributed by atoms with Crippen molar-refractivity contribution in [3.63, 3.8) is 0 Å². The van der Waals surface area contributed by atoms with Gasteiger partial charge in [-0.05, 0) is 25.0 Å². The molecule has 1 saturated carbocycles. The van der Waals surface area contributed by atoms with Crippen LogP contribution in [0.3, 0.4) is 0 Å². The predicted octanol–water partition coefficient (Wildman–Crippen LogP) is 4.97. The van der Waals surface area contributed by atoms with Crippen LogP contribution in [0.2, 0.25) is 5.02 Å². The molecule has 2 aromatic rings. The van der Waals surface area contributed by atoms with Crippen molar-refractivity contribution in [2.45, 2.75) is 31.7 Å². The molecule has 4 heteroatoms. The summed E-state index contributed by atoms with van der Waals surface area (Å²) in [4.78, 5) is 15.0. The number of hydrogen-bond acceptors (Lipinski definition) is 2. The summed E-state index contributed by atoms with van der Waals surface area (Å²) in [6.45, 7) is 0. The molecule has 2 nitrogen and oxygen atoms in total. The van der Waals surface area contributed by atoms with E-state index < -0.39 is 0 Å². The second-order valence-electron chi connectivity index (χ2n) is 5.50. The molecule has 1 aliphatic carbocycles. The Morgan fingerprint density at radius 1 is 1.33 bits per heavy atom. The SMILES string of the molecule is CN(C(=O)/C=C/c1sc2ccccc2c1Cl)C1CCCC1. The van der Waals surface area contributed by atoms with E-state index in [1.807, 2.05) is 36.2 Å². The summed E-state index contributed by atoms with van der Waals surface area (Å²) in [5, 5.41) is 1.79. The number of rotatable bonds is 3. The lowest BCUT2D eigenvalue weighted by Crippen LogP contribution is -2.33. The number of fused-ring (bicyclic) bond motifs is 1. The van der Waals surface area contributed by atoms with E-state index in [0.29, 0.717) is 6.04 Å². The number of amides is 1. The van der Waals surface area contributed by atoms with Crippen LogP contribution in [0, 0.1) is 0 Å². The quantitative estimate of drug-likeness (QED) is 0.731. The Morgan fingerprint density at radius 3 is 2.76 bits per heavy atom. The van der Waals surface area contributed by atoms with Crippen molar-refractivity contribution in [2.24, 2.45) is 0 Å². The number of benzene rings is 1. The van der Waals surface area contributed by atoms with E-state index in [4.69, 9.17) is 11.6 Å². The first kappa shape index (κ1) is 14.6. The highest BCUT2D eigenvalue weighted by Crippen LogP contribution is 2.36. The van der Waals surface area contributed by atoms with Gasteiger partial charge in [0.05, 0.1) is 5.02 Å². The molecule has 0 N–H and O–H groups in total. The van der Waals surface area contributed by atoms with Gasteiger partial charge in [-0.1, -0.05) is 42.6 Å². The molecule has 0 saturated heterocycles. The topological polar surface area (TPSA) is 20.3 Å². The molecule has 0 spiro atoms. The molecule has 0 aliphatic heterocycles. The monoisotopic (exact) mass is 319 g/mol. The van der Waals surface area contributed by atoms with Gasteiger partial charge in [-0.3, -0.25) is 4.79 Å². The van der Waals surface area contributed by atoms with E-state index in [9.17, 15) is 4.79 Å². The van der Waals surface area contributed by atoms with Crippen LogP contribution in [0.25, 0.3) is 16.2 Å². The summed E-state index contributed by atoms with van der Waals surface area (Å²) in [6.07, 6.45) is 8.21. The number of halogens is 1. The van der Waals surface area contributed by atoms with E-state index >= 15 is 0 Å². The maximum absolute atomic E-state index is 12.2. The van der Waals surface area contributed by atoms with Gasteiger partial charge in [0.2, 0.25) is 5.91 Å². The van der Waals surface area contributed by atoms with Crippen LogP contribution in [0.5, 0.6) is 0 Å². The zero-order valence-corrected chi connectivity index (χ0v) is 13.6. The molecule has 110 valence electrons.